The van der Waals surface area contributed by atoms with Crippen LogP contribution < -0.4 is 4.72 Å². The minimum atomic E-state index is -3.79. The molecular weight excluding hydrogens is 265 g/mol. The zero-order valence-electron chi connectivity index (χ0n) is 9.78. The van der Waals surface area contributed by atoms with E-state index in [-0.39, 0.29) is 9.77 Å². The van der Waals surface area contributed by atoms with Gasteiger partial charge in [-0.15, -0.1) is 11.3 Å². The minimum absolute atomic E-state index is 0.0655. The van der Waals surface area contributed by atoms with Crippen LogP contribution in [0.4, 0.5) is 4.39 Å². The molecule has 1 aromatic heterocycles. The first kappa shape index (κ1) is 14.3. The maximum absolute atomic E-state index is 12.3. The second-order valence-corrected chi connectivity index (χ2v) is 7.09. The quantitative estimate of drug-likeness (QED) is 0.857. The van der Waals surface area contributed by atoms with E-state index in [4.69, 9.17) is 0 Å². The van der Waals surface area contributed by atoms with Crippen LogP contribution in [0.1, 0.15) is 30.4 Å². The normalized spacial score (nSPS) is 12.7. The van der Waals surface area contributed by atoms with Crippen LogP contribution in [0.2, 0.25) is 0 Å². The summed E-state index contributed by atoms with van der Waals surface area (Å²) in [4.78, 5) is 11.0. The van der Waals surface area contributed by atoms with E-state index >= 15 is 0 Å². The summed E-state index contributed by atoms with van der Waals surface area (Å²) in [5, 5.41) is 1.46. The molecule has 0 aliphatic carbocycles. The van der Waals surface area contributed by atoms with Gasteiger partial charge in [0.05, 0.1) is 4.88 Å². The molecule has 1 heterocycles. The van der Waals surface area contributed by atoms with Crippen LogP contribution in [0, 0.1) is 0 Å². The van der Waals surface area contributed by atoms with Gasteiger partial charge < -0.3 is 0 Å². The highest BCUT2D eigenvalue weighted by molar-refractivity contribution is 7.89. The Hall–Kier alpha value is -0.790. The van der Waals surface area contributed by atoms with Gasteiger partial charge in [-0.1, -0.05) is 0 Å². The largest absolute Gasteiger partial charge is 0.290 e. The summed E-state index contributed by atoms with van der Waals surface area (Å²) in [6.07, 6.45) is 0. The predicted molar refractivity (Wildman–Crippen MR) is 64.7 cm³/mol. The predicted octanol–water partition coefficient (Wildman–Crippen LogP) is 1.98. The molecule has 0 saturated carbocycles. The van der Waals surface area contributed by atoms with E-state index in [0.717, 1.165) is 11.3 Å². The molecule has 1 N–H and O–H groups in total. The van der Waals surface area contributed by atoms with E-state index in [1.165, 1.54) is 11.4 Å². The first-order chi connectivity index (χ1) is 7.67. The number of carbonyl (C=O) groups is 1. The van der Waals surface area contributed by atoms with Crippen molar-refractivity contribution >= 4 is 27.1 Å². The standard InChI is InChI=1S/C10H14FNO3S2/c1-10(2,3)12-17(14,15)8-4-5-16-9(8)7(13)6-11/h4-5,12H,6H2,1-3H3. The molecule has 1 aromatic rings. The van der Waals surface area contributed by atoms with Crippen molar-refractivity contribution in [3.05, 3.63) is 16.3 Å². The Morgan fingerprint density at radius 1 is 1.47 bits per heavy atom. The summed E-state index contributed by atoms with van der Waals surface area (Å²) in [7, 11) is -3.79. The summed E-state index contributed by atoms with van der Waals surface area (Å²) in [5.41, 5.74) is -0.656. The molecular formula is C10H14FNO3S2. The Balaban J connectivity index is 3.17. The average molecular weight is 279 g/mol. The molecule has 1 rings (SSSR count). The third-order valence-electron chi connectivity index (χ3n) is 1.73. The fourth-order valence-corrected chi connectivity index (χ4v) is 4.02. The molecule has 0 aliphatic rings. The number of thiophene rings is 1. The van der Waals surface area contributed by atoms with Gasteiger partial charge in [-0.3, -0.25) is 4.79 Å². The second-order valence-electron chi connectivity index (χ2n) is 4.53. The summed E-state index contributed by atoms with van der Waals surface area (Å²) >= 11 is 0.926. The Labute approximate surface area is 104 Å². The van der Waals surface area contributed by atoms with Crippen LogP contribution in [-0.4, -0.2) is 26.4 Å². The fourth-order valence-electron chi connectivity index (χ4n) is 1.23. The lowest BCUT2D eigenvalue weighted by molar-refractivity contribution is 0.0959. The molecule has 17 heavy (non-hydrogen) atoms. The molecule has 0 saturated heterocycles. The van der Waals surface area contributed by atoms with Gasteiger partial charge in [-0.25, -0.2) is 17.5 Å². The smallest absolute Gasteiger partial charge is 0.242 e. The molecule has 0 aliphatic heterocycles. The highest BCUT2D eigenvalue weighted by Crippen LogP contribution is 2.23. The van der Waals surface area contributed by atoms with E-state index in [1.807, 2.05) is 0 Å². The summed E-state index contributed by atoms with van der Waals surface area (Å²) in [6, 6.07) is 1.31. The van der Waals surface area contributed by atoms with Crippen molar-refractivity contribution in [1.82, 2.24) is 4.72 Å². The first-order valence-corrected chi connectivity index (χ1v) is 7.24. The lowest BCUT2D eigenvalue weighted by Crippen LogP contribution is -2.40. The van der Waals surface area contributed by atoms with Crippen molar-refractivity contribution in [3.63, 3.8) is 0 Å². The lowest BCUT2D eigenvalue weighted by atomic mass is 10.1. The number of hydrogen-bond donors (Lipinski definition) is 1. The highest BCUT2D eigenvalue weighted by Gasteiger charge is 2.27. The zero-order valence-corrected chi connectivity index (χ0v) is 11.4. The first-order valence-electron chi connectivity index (χ1n) is 4.88. The number of halogens is 1. The zero-order chi connectivity index (χ0) is 13.3. The number of carbonyl (C=O) groups excluding carboxylic acids is 1. The van der Waals surface area contributed by atoms with Crippen molar-refractivity contribution < 1.29 is 17.6 Å². The number of sulfonamides is 1. The van der Waals surface area contributed by atoms with Crippen LogP contribution in [0.3, 0.4) is 0 Å². The third kappa shape index (κ3) is 3.58. The average Bonchev–Trinajstić information content (AvgIpc) is 2.61. The number of ketones is 1. The number of nitrogens with one attached hydrogen (secondary N) is 1. The molecule has 96 valence electrons. The number of hydrogen-bond acceptors (Lipinski definition) is 4. The van der Waals surface area contributed by atoms with Gasteiger partial charge >= 0.3 is 0 Å². The molecule has 0 spiro atoms. The Morgan fingerprint density at radius 2 is 2.06 bits per heavy atom. The summed E-state index contributed by atoms with van der Waals surface area (Å²) < 4.78 is 38.7. The monoisotopic (exact) mass is 279 g/mol. The van der Waals surface area contributed by atoms with Crippen molar-refractivity contribution in [2.24, 2.45) is 0 Å². The van der Waals surface area contributed by atoms with Gasteiger partial charge in [0.15, 0.2) is 6.67 Å². The fraction of sp³-hybridized carbons (Fsp3) is 0.500. The Morgan fingerprint density at radius 3 is 2.53 bits per heavy atom. The van der Waals surface area contributed by atoms with E-state index in [2.05, 4.69) is 4.72 Å². The summed E-state index contributed by atoms with van der Waals surface area (Å²) in [5.74, 6) is -0.811. The topological polar surface area (TPSA) is 63.2 Å². The molecule has 0 fully saturated rings. The SMILES string of the molecule is CC(C)(C)NS(=O)(=O)c1ccsc1C(=O)CF. The van der Waals surface area contributed by atoms with Gasteiger partial charge in [0.2, 0.25) is 15.8 Å². The van der Waals surface area contributed by atoms with Crippen LogP contribution in [-0.2, 0) is 10.0 Å². The van der Waals surface area contributed by atoms with E-state index in [0.29, 0.717) is 0 Å². The molecule has 4 nitrogen and oxygen atoms in total. The van der Waals surface area contributed by atoms with Crippen molar-refractivity contribution in [3.8, 4) is 0 Å². The molecule has 7 heteroatoms. The Kier molecular flexibility index (Phi) is 4.06. The molecule has 0 radical (unpaired) electrons. The third-order valence-corrected chi connectivity index (χ3v) is 4.62. The van der Waals surface area contributed by atoms with E-state index < -0.39 is 28.0 Å². The van der Waals surface area contributed by atoms with E-state index in [1.54, 1.807) is 20.8 Å². The number of rotatable bonds is 4. The maximum Gasteiger partial charge on any atom is 0.242 e. The molecule has 0 bridgehead atoms. The molecule has 0 atom stereocenters. The van der Waals surface area contributed by atoms with Gasteiger partial charge in [0, 0.05) is 5.54 Å². The van der Waals surface area contributed by atoms with Crippen LogP contribution in [0.25, 0.3) is 0 Å². The van der Waals surface area contributed by atoms with Gasteiger partial charge in [0.1, 0.15) is 4.90 Å². The second kappa shape index (κ2) is 4.83. The lowest BCUT2D eigenvalue weighted by Gasteiger charge is -2.20. The molecule has 0 unspecified atom stereocenters. The van der Waals surface area contributed by atoms with Crippen molar-refractivity contribution in [2.45, 2.75) is 31.2 Å². The van der Waals surface area contributed by atoms with Crippen LogP contribution in [0.5, 0.6) is 0 Å². The van der Waals surface area contributed by atoms with Crippen LogP contribution in [0.15, 0.2) is 16.3 Å². The Bertz CT molecular complexity index is 514. The van der Waals surface area contributed by atoms with Crippen LogP contribution >= 0.6 is 11.3 Å². The molecule has 0 aromatic carbocycles. The number of alkyl halides is 1. The minimum Gasteiger partial charge on any atom is -0.290 e. The van der Waals surface area contributed by atoms with E-state index in [9.17, 15) is 17.6 Å². The van der Waals surface area contributed by atoms with Gasteiger partial charge in [0.25, 0.3) is 0 Å². The van der Waals surface area contributed by atoms with Gasteiger partial charge in [-0.2, -0.15) is 0 Å². The van der Waals surface area contributed by atoms with Crippen molar-refractivity contribution in [1.29, 1.82) is 0 Å². The highest BCUT2D eigenvalue weighted by atomic mass is 32.2. The molecule has 0 amide bonds. The van der Waals surface area contributed by atoms with Crippen molar-refractivity contribution in [2.75, 3.05) is 6.67 Å². The number of Topliss-reactive ketones (excluding diaryl/α,β-unsaturated/α-hetero) is 1. The van der Waals surface area contributed by atoms with Gasteiger partial charge in [-0.05, 0) is 32.2 Å². The maximum atomic E-state index is 12.3. The summed E-state index contributed by atoms with van der Waals surface area (Å²) in [6.45, 7) is 3.87.